The molecule has 0 aliphatic carbocycles. The summed E-state index contributed by atoms with van der Waals surface area (Å²) in [6.45, 7) is 7.69. The zero-order valence-corrected chi connectivity index (χ0v) is 11.6. The van der Waals surface area contributed by atoms with Gasteiger partial charge in [-0.05, 0) is 44.2 Å². The van der Waals surface area contributed by atoms with Crippen LogP contribution >= 0.6 is 0 Å². The van der Waals surface area contributed by atoms with Gasteiger partial charge in [-0.25, -0.2) is 0 Å². The Morgan fingerprint density at radius 3 is 2.83 bits per heavy atom. The van der Waals surface area contributed by atoms with E-state index in [0.717, 1.165) is 18.2 Å². The van der Waals surface area contributed by atoms with Gasteiger partial charge in [-0.2, -0.15) is 0 Å². The van der Waals surface area contributed by atoms with E-state index >= 15 is 0 Å². The summed E-state index contributed by atoms with van der Waals surface area (Å²) in [4.78, 5) is 6.83. The molecule has 2 heterocycles. The Kier molecular flexibility index (Phi) is 4.23. The second-order valence-electron chi connectivity index (χ2n) is 5.42. The molecule has 1 aliphatic rings. The first-order valence-corrected chi connectivity index (χ1v) is 7.04. The lowest BCUT2D eigenvalue weighted by Crippen LogP contribution is -2.42. The Bertz CT molecular complexity index is 377. The molecule has 18 heavy (non-hydrogen) atoms. The Morgan fingerprint density at radius 1 is 1.44 bits per heavy atom. The molecule has 0 saturated carbocycles. The van der Waals surface area contributed by atoms with Crippen LogP contribution in [-0.2, 0) is 0 Å². The fraction of sp³-hybridized carbons (Fsp3) is 0.667. The molecule has 100 valence electrons. The fourth-order valence-electron chi connectivity index (χ4n) is 2.67. The summed E-state index contributed by atoms with van der Waals surface area (Å²) in [5, 5.41) is 9.75. The Labute approximate surface area is 110 Å². The predicted octanol–water partition coefficient (Wildman–Crippen LogP) is 3.15. The van der Waals surface area contributed by atoms with Crippen molar-refractivity contribution in [3.05, 3.63) is 24.0 Å². The lowest BCUT2D eigenvalue weighted by molar-refractivity contribution is 0.169. The largest absolute Gasteiger partial charge is 0.387 e. The lowest BCUT2D eigenvalue weighted by Gasteiger charge is -2.39. The Morgan fingerprint density at radius 2 is 2.22 bits per heavy atom. The van der Waals surface area contributed by atoms with Crippen LogP contribution in [0.1, 0.15) is 51.8 Å². The van der Waals surface area contributed by atoms with E-state index in [4.69, 9.17) is 0 Å². The van der Waals surface area contributed by atoms with Gasteiger partial charge in [-0.3, -0.25) is 4.98 Å². The highest BCUT2D eigenvalue weighted by Crippen LogP contribution is 2.28. The monoisotopic (exact) mass is 248 g/mol. The van der Waals surface area contributed by atoms with Gasteiger partial charge >= 0.3 is 0 Å². The molecule has 3 heteroatoms. The number of aromatic nitrogens is 1. The Hall–Kier alpha value is -1.09. The van der Waals surface area contributed by atoms with Crippen molar-refractivity contribution in [1.29, 1.82) is 0 Å². The van der Waals surface area contributed by atoms with Gasteiger partial charge in [0.1, 0.15) is 0 Å². The molecule has 1 aromatic rings. The highest BCUT2D eigenvalue weighted by atomic mass is 16.3. The van der Waals surface area contributed by atoms with Crippen LogP contribution in [0.3, 0.4) is 0 Å². The van der Waals surface area contributed by atoms with Crippen LogP contribution in [0.15, 0.2) is 18.3 Å². The van der Waals surface area contributed by atoms with Gasteiger partial charge in [-0.15, -0.1) is 0 Å². The summed E-state index contributed by atoms with van der Waals surface area (Å²) in [6.07, 6.45) is 4.76. The highest BCUT2D eigenvalue weighted by Gasteiger charge is 2.25. The topological polar surface area (TPSA) is 36.4 Å². The molecule has 0 bridgehead atoms. The molecule has 1 saturated heterocycles. The molecule has 0 spiro atoms. The number of rotatable bonds is 3. The molecule has 1 fully saturated rings. The van der Waals surface area contributed by atoms with E-state index in [1.807, 2.05) is 19.2 Å². The van der Waals surface area contributed by atoms with Crippen LogP contribution in [-0.4, -0.2) is 22.7 Å². The standard InChI is InChI=1S/C15H24N2O/c1-4-15(18)14-8-7-13(10-16-14)17-9-5-6-11(2)12(17)3/h7-8,10-12,15,18H,4-6,9H2,1-3H3/t11?,12?,15-/m1/s1. The lowest BCUT2D eigenvalue weighted by atomic mass is 9.92. The zero-order chi connectivity index (χ0) is 13.1. The number of pyridine rings is 1. The first kappa shape index (κ1) is 13.3. The first-order valence-electron chi connectivity index (χ1n) is 7.04. The molecular weight excluding hydrogens is 224 g/mol. The normalized spacial score (nSPS) is 26.1. The summed E-state index contributed by atoms with van der Waals surface area (Å²) in [6, 6.07) is 4.62. The summed E-state index contributed by atoms with van der Waals surface area (Å²) < 4.78 is 0. The van der Waals surface area contributed by atoms with Crippen molar-refractivity contribution in [2.45, 2.75) is 52.2 Å². The van der Waals surface area contributed by atoms with Crippen molar-refractivity contribution in [2.75, 3.05) is 11.4 Å². The fourth-order valence-corrected chi connectivity index (χ4v) is 2.67. The van der Waals surface area contributed by atoms with Crippen molar-refractivity contribution in [3.8, 4) is 0 Å². The van der Waals surface area contributed by atoms with E-state index in [1.54, 1.807) is 0 Å². The number of hydrogen-bond acceptors (Lipinski definition) is 3. The van der Waals surface area contributed by atoms with Gasteiger partial charge in [0.25, 0.3) is 0 Å². The number of piperidine rings is 1. The smallest absolute Gasteiger partial charge is 0.0957 e. The van der Waals surface area contributed by atoms with Crippen LogP contribution in [0.4, 0.5) is 5.69 Å². The molecule has 1 aliphatic heterocycles. The molecule has 0 radical (unpaired) electrons. The zero-order valence-electron chi connectivity index (χ0n) is 11.6. The molecule has 3 nitrogen and oxygen atoms in total. The van der Waals surface area contributed by atoms with Crippen LogP contribution in [0.2, 0.25) is 0 Å². The molecule has 3 atom stereocenters. The maximum absolute atomic E-state index is 9.75. The van der Waals surface area contributed by atoms with Crippen LogP contribution in [0.5, 0.6) is 0 Å². The third-order valence-electron chi connectivity index (χ3n) is 4.20. The number of aliphatic hydroxyl groups excluding tert-OH is 1. The molecule has 0 aromatic carbocycles. The second kappa shape index (κ2) is 5.70. The van der Waals surface area contributed by atoms with Crippen LogP contribution in [0, 0.1) is 5.92 Å². The van der Waals surface area contributed by atoms with E-state index in [2.05, 4.69) is 29.8 Å². The maximum Gasteiger partial charge on any atom is 0.0957 e. The second-order valence-corrected chi connectivity index (χ2v) is 5.42. The molecule has 1 aromatic heterocycles. The molecular formula is C15H24N2O. The molecule has 2 rings (SSSR count). The average molecular weight is 248 g/mol. The van der Waals surface area contributed by atoms with Gasteiger partial charge in [0, 0.05) is 12.6 Å². The number of anilines is 1. The van der Waals surface area contributed by atoms with Gasteiger partial charge < -0.3 is 10.0 Å². The first-order chi connectivity index (χ1) is 8.63. The summed E-state index contributed by atoms with van der Waals surface area (Å²) in [5.74, 6) is 0.736. The van der Waals surface area contributed by atoms with Crippen molar-refractivity contribution in [3.63, 3.8) is 0 Å². The molecule has 1 N–H and O–H groups in total. The van der Waals surface area contributed by atoms with E-state index in [1.165, 1.54) is 18.5 Å². The number of aliphatic hydroxyl groups is 1. The minimum Gasteiger partial charge on any atom is -0.387 e. The SMILES string of the molecule is CC[C@@H](O)c1ccc(N2CCCC(C)C2C)cn1. The predicted molar refractivity (Wildman–Crippen MR) is 74.7 cm³/mol. The molecule has 0 amide bonds. The minimum atomic E-state index is -0.434. The molecule has 2 unspecified atom stereocenters. The van der Waals surface area contributed by atoms with E-state index in [-0.39, 0.29) is 0 Å². The third-order valence-corrected chi connectivity index (χ3v) is 4.20. The van der Waals surface area contributed by atoms with E-state index in [9.17, 15) is 5.11 Å². The summed E-state index contributed by atoms with van der Waals surface area (Å²) in [5.41, 5.74) is 1.96. The van der Waals surface area contributed by atoms with Crippen LogP contribution in [0.25, 0.3) is 0 Å². The number of hydrogen-bond donors (Lipinski definition) is 1. The van der Waals surface area contributed by atoms with Crippen LogP contribution < -0.4 is 4.90 Å². The maximum atomic E-state index is 9.75. The van der Waals surface area contributed by atoms with Crippen molar-refractivity contribution in [1.82, 2.24) is 4.98 Å². The van der Waals surface area contributed by atoms with Crippen molar-refractivity contribution < 1.29 is 5.11 Å². The average Bonchev–Trinajstić information content (AvgIpc) is 2.41. The quantitative estimate of drug-likeness (QED) is 0.892. The third kappa shape index (κ3) is 2.66. The van der Waals surface area contributed by atoms with Gasteiger partial charge in [0.2, 0.25) is 0 Å². The number of nitrogens with zero attached hydrogens (tertiary/aromatic N) is 2. The Balaban J connectivity index is 2.13. The van der Waals surface area contributed by atoms with Gasteiger partial charge in [0.05, 0.1) is 23.7 Å². The summed E-state index contributed by atoms with van der Waals surface area (Å²) >= 11 is 0. The van der Waals surface area contributed by atoms with E-state index < -0.39 is 6.10 Å². The van der Waals surface area contributed by atoms with Gasteiger partial charge in [0.15, 0.2) is 0 Å². The highest BCUT2D eigenvalue weighted by molar-refractivity contribution is 5.46. The summed E-state index contributed by atoms with van der Waals surface area (Å²) in [7, 11) is 0. The minimum absolute atomic E-state index is 0.434. The van der Waals surface area contributed by atoms with Gasteiger partial charge in [-0.1, -0.05) is 13.8 Å². The van der Waals surface area contributed by atoms with Crippen molar-refractivity contribution >= 4 is 5.69 Å². The van der Waals surface area contributed by atoms with Crippen molar-refractivity contribution in [2.24, 2.45) is 5.92 Å². The van der Waals surface area contributed by atoms with E-state index in [0.29, 0.717) is 12.5 Å².